The van der Waals surface area contributed by atoms with Crippen LogP contribution in [0, 0.1) is 0 Å². The van der Waals surface area contributed by atoms with E-state index < -0.39 is 13.4 Å². The van der Waals surface area contributed by atoms with Crippen molar-refractivity contribution < 1.29 is 19.3 Å². The molecular weight excluding hydrogens is 203 g/mol. The molecule has 1 unspecified atom stereocenters. The molecule has 0 heterocycles. The van der Waals surface area contributed by atoms with E-state index in [1.54, 1.807) is 37.3 Å². The van der Waals surface area contributed by atoms with Crippen molar-refractivity contribution in [3.8, 4) is 0 Å². The molecule has 0 saturated heterocycles. The van der Waals surface area contributed by atoms with Gasteiger partial charge in [0, 0.05) is 5.30 Å². The summed E-state index contributed by atoms with van der Waals surface area (Å²) in [6, 6.07) is 6.23. The molecule has 0 aliphatic rings. The van der Waals surface area contributed by atoms with Gasteiger partial charge in [-0.1, -0.05) is 18.2 Å². The van der Waals surface area contributed by atoms with Crippen LogP contribution in [0.25, 0.3) is 0 Å². The number of benzene rings is 1. The molecule has 1 aromatic rings. The molecule has 0 spiro atoms. The van der Waals surface area contributed by atoms with Gasteiger partial charge < -0.3 is 14.7 Å². The zero-order valence-corrected chi connectivity index (χ0v) is 8.72. The predicted octanol–water partition coefficient (Wildman–Crippen LogP) is 0.895. The normalized spacial score (nSPS) is 15.4. The van der Waals surface area contributed by atoms with E-state index >= 15 is 0 Å². The van der Waals surface area contributed by atoms with Gasteiger partial charge in [0.05, 0.1) is 6.61 Å². The monoisotopic (exact) mass is 216 g/mol. The molecule has 1 aromatic carbocycles. The molecule has 0 fully saturated rings. The number of hydrogen-bond acceptors (Lipinski definition) is 4. The number of hydrogen-bond donors (Lipinski definition) is 2. The van der Waals surface area contributed by atoms with Gasteiger partial charge >= 0.3 is 0 Å². The molecule has 0 aromatic heterocycles. The van der Waals surface area contributed by atoms with Crippen molar-refractivity contribution >= 4 is 12.7 Å². The molecule has 5 heteroatoms. The van der Waals surface area contributed by atoms with Crippen LogP contribution >= 0.6 is 7.37 Å². The summed E-state index contributed by atoms with van der Waals surface area (Å²) >= 11 is 0. The Morgan fingerprint density at radius 2 is 1.93 bits per heavy atom. The maximum Gasteiger partial charge on any atom is 0.286 e. The third-order valence-electron chi connectivity index (χ3n) is 1.74. The lowest BCUT2D eigenvalue weighted by Crippen LogP contribution is -2.18. The van der Waals surface area contributed by atoms with E-state index in [0.29, 0.717) is 5.30 Å². The molecule has 14 heavy (non-hydrogen) atoms. The maximum atomic E-state index is 12.0. The van der Waals surface area contributed by atoms with E-state index in [0.717, 1.165) is 0 Å². The lowest BCUT2D eigenvalue weighted by molar-refractivity contribution is 0.0184. The van der Waals surface area contributed by atoms with Crippen LogP contribution < -0.4 is 5.30 Å². The molecule has 0 aliphatic carbocycles. The molecule has 0 bridgehead atoms. The smallest absolute Gasteiger partial charge is 0.286 e. The molecule has 78 valence electrons. The van der Waals surface area contributed by atoms with E-state index in [1.807, 2.05) is 0 Å². The summed E-state index contributed by atoms with van der Waals surface area (Å²) in [5.74, 6) is 0. The first kappa shape index (κ1) is 11.4. The van der Waals surface area contributed by atoms with Gasteiger partial charge in [-0.05, 0) is 19.1 Å². The standard InChI is InChI=1S/C9H13O4P/c1-2-13-14(12,9(10)11)8-6-4-3-5-7-8/h3-7,9-11H,2H2,1H3. The van der Waals surface area contributed by atoms with Crippen LogP contribution in [0.3, 0.4) is 0 Å². The summed E-state index contributed by atoms with van der Waals surface area (Å²) in [6.45, 7) is 1.82. The lowest BCUT2D eigenvalue weighted by Gasteiger charge is -2.19. The summed E-state index contributed by atoms with van der Waals surface area (Å²) in [4.78, 5) is 0. The summed E-state index contributed by atoms with van der Waals surface area (Å²) in [5, 5.41) is 18.4. The molecular formula is C9H13O4P. The van der Waals surface area contributed by atoms with E-state index in [1.165, 1.54) is 0 Å². The quantitative estimate of drug-likeness (QED) is 0.579. The zero-order valence-electron chi connectivity index (χ0n) is 7.83. The Hall–Kier alpha value is -0.670. The second-order valence-electron chi connectivity index (χ2n) is 2.70. The average Bonchev–Trinajstić information content (AvgIpc) is 2.19. The summed E-state index contributed by atoms with van der Waals surface area (Å²) in [6.07, 6.45) is 0. The molecule has 0 radical (unpaired) electrons. The summed E-state index contributed by atoms with van der Waals surface area (Å²) in [5.41, 5.74) is 0. The van der Waals surface area contributed by atoms with E-state index in [2.05, 4.69) is 0 Å². The summed E-state index contributed by atoms with van der Waals surface area (Å²) < 4.78 is 16.9. The Balaban J connectivity index is 3.07. The minimum atomic E-state index is -3.53. The van der Waals surface area contributed by atoms with Crippen molar-refractivity contribution in [2.45, 2.75) is 13.0 Å². The van der Waals surface area contributed by atoms with Gasteiger partial charge in [0.15, 0.2) is 0 Å². The Morgan fingerprint density at radius 1 is 1.36 bits per heavy atom. The Morgan fingerprint density at radius 3 is 2.36 bits per heavy atom. The van der Waals surface area contributed by atoms with E-state index in [9.17, 15) is 4.57 Å². The second kappa shape index (κ2) is 4.71. The highest BCUT2D eigenvalue weighted by Gasteiger charge is 2.33. The summed E-state index contributed by atoms with van der Waals surface area (Å²) in [7, 11) is -3.53. The van der Waals surface area contributed by atoms with Gasteiger partial charge in [-0.2, -0.15) is 0 Å². The van der Waals surface area contributed by atoms with Gasteiger partial charge in [-0.3, -0.25) is 4.57 Å². The Bertz CT molecular complexity index is 323. The fourth-order valence-electron chi connectivity index (χ4n) is 1.10. The van der Waals surface area contributed by atoms with Crippen molar-refractivity contribution in [1.29, 1.82) is 0 Å². The van der Waals surface area contributed by atoms with Crippen LogP contribution in [0.2, 0.25) is 0 Å². The highest BCUT2D eigenvalue weighted by molar-refractivity contribution is 7.67. The first-order valence-corrected chi connectivity index (χ1v) is 5.96. The Labute approximate surface area is 82.6 Å². The molecule has 4 nitrogen and oxygen atoms in total. The SMILES string of the molecule is CCOP(=O)(c1ccccc1)C(O)O. The third-order valence-corrected chi connectivity index (χ3v) is 4.01. The number of rotatable bonds is 4. The molecule has 1 atom stereocenters. The topological polar surface area (TPSA) is 66.8 Å². The van der Waals surface area contributed by atoms with Gasteiger partial charge in [-0.15, -0.1) is 0 Å². The van der Waals surface area contributed by atoms with Crippen LogP contribution in [0.1, 0.15) is 6.92 Å². The molecule has 1 rings (SSSR count). The van der Waals surface area contributed by atoms with Crippen molar-refractivity contribution in [2.75, 3.05) is 6.61 Å². The van der Waals surface area contributed by atoms with E-state index in [4.69, 9.17) is 14.7 Å². The second-order valence-corrected chi connectivity index (χ2v) is 5.13. The van der Waals surface area contributed by atoms with Crippen molar-refractivity contribution in [1.82, 2.24) is 0 Å². The fraction of sp³-hybridized carbons (Fsp3) is 0.333. The number of aliphatic hydroxyl groups is 2. The largest absolute Gasteiger partial charge is 0.360 e. The van der Waals surface area contributed by atoms with Gasteiger partial charge in [0.2, 0.25) is 6.03 Å². The average molecular weight is 216 g/mol. The van der Waals surface area contributed by atoms with Gasteiger partial charge in [0.1, 0.15) is 0 Å². The molecule has 0 amide bonds. The van der Waals surface area contributed by atoms with Gasteiger partial charge in [0.25, 0.3) is 7.37 Å². The minimum absolute atomic E-state index is 0.170. The third kappa shape index (κ3) is 2.22. The van der Waals surface area contributed by atoms with Crippen molar-refractivity contribution in [3.63, 3.8) is 0 Å². The van der Waals surface area contributed by atoms with Crippen molar-refractivity contribution in [2.24, 2.45) is 0 Å². The van der Waals surface area contributed by atoms with Gasteiger partial charge in [-0.25, -0.2) is 0 Å². The predicted molar refractivity (Wildman–Crippen MR) is 53.5 cm³/mol. The van der Waals surface area contributed by atoms with E-state index in [-0.39, 0.29) is 6.61 Å². The minimum Gasteiger partial charge on any atom is -0.360 e. The molecule has 0 aliphatic heterocycles. The zero-order chi connectivity index (χ0) is 10.6. The first-order valence-electron chi connectivity index (χ1n) is 4.27. The maximum absolute atomic E-state index is 12.0. The van der Waals surface area contributed by atoms with Crippen LogP contribution in [0.4, 0.5) is 0 Å². The molecule has 0 saturated carbocycles. The number of aliphatic hydroxyl groups excluding tert-OH is 1. The Kier molecular flexibility index (Phi) is 3.84. The van der Waals surface area contributed by atoms with Crippen LogP contribution in [-0.4, -0.2) is 22.9 Å². The highest BCUT2D eigenvalue weighted by Crippen LogP contribution is 2.48. The first-order chi connectivity index (χ1) is 6.61. The van der Waals surface area contributed by atoms with Crippen LogP contribution in [-0.2, 0) is 9.09 Å². The fourth-order valence-corrected chi connectivity index (χ4v) is 2.62. The lowest BCUT2D eigenvalue weighted by atomic mass is 10.4. The highest BCUT2D eigenvalue weighted by atomic mass is 31.2. The van der Waals surface area contributed by atoms with Crippen molar-refractivity contribution in [3.05, 3.63) is 30.3 Å². The van der Waals surface area contributed by atoms with Crippen LogP contribution in [0.15, 0.2) is 30.3 Å². The van der Waals surface area contributed by atoms with Crippen LogP contribution in [0.5, 0.6) is 0 Å². The molecule has 2 N–H and O–H groups in total.